The molecule has 2 atom stereocenters. The van der Waals surface area contributed by atoms with Crippen LogP contribution in [0.5, 0.6) is 0 Å². The van der Waals surface area contributed by atoms with Crippen LogP contribution in [0, 0.1) is 17.6 Å². The number of hydrogen-bond donors (Lipinski definition) is 3. The molecule has 0 aromatic carbocycles. The molecule has 0 bridgehead atoms. The van der Waals surface area contributed by atoms with Gasteiger partial charge in [0.15, 0.2) is 23.3 Å². The number of aliphatic hydroxyl groups excluding tert-OH is 1. The Morgan fingerprint density at radius 1 is 1.39 bits per heavy atom. The summed E-state index contributed by atoms with van der Waals surface area (Å²) in [5.74, 6) is -1.68. The van der Waals surface area contributed by atoms with Crippen LogP contribution in [0.15, 0.2) is 6.07 Å². The lowest BCUT2D eigenvalue weighted by Crippen LogP contribution is -2.25. The molecule has 0 amide bonds. The van der Waals surface area contributed by atoms with Crippen LogP contribution in [-0.4, -0.2) is 22.7 Å². The van der Waals surface area contributed by atoms with E-state index in [0.717, 1.165) is 25.3 Å². The summed E-state index contributed by atoms with van der Waals surface area (Å²) in [6.07, 6.45) is 3.21. The predicted octanol–water partition coefficient (Wildman–Crippen LogP) is 1.90. The quantitative estimate of drug-likeness (QED) is 0.773. The summed E-state index contributed by atoms with van der Waals surface area (Å²) >= 11 is 0. The Bertz CT molecular complexity index is 428. The minimum atomic E-state index is -0.855. The molecule has 1 aromatic rings. The highest BCUT2D eigenvalue weighted by Crippen LogP contribution is 2.25. The Morgan fingerprint density at radius 3 is 2.89 bits per heavy atom. The van der Waals surface area contributed by atoms with Crippen LogP contribution in [0.25, 0.3) is 0 Å². The normalized spacial score (nSPS) is 23.9. The fraction of sp³-hybridized carbons (Fsp3) is 0.583. The number of nitrogens with zero attached hydrogens (tertiary/aromatic N) is 1. The SMILES string of the molecule is Nc1nc(NCC2CCCC(O)C2)c(F)cc1F. The number of hydrogen-bond acceptors (Lipinski definition) is 4. The largest absolute Gasteiger partial charge is 0.393 e. The topological polar surface area (TPSA) is 71.2 Å². The van der Waals surface area contributed by atoms with Gasteiger partial charge in [-0.2, -0.15) is 0 Å². The van der Waals surface area contributed by atoms with Crippen molar-refractivity contribution in [2.75, 3.05) is 17.6 Å². The summed E-state index contributed by atoms with van der Waals surface area (Å²) < 4.78 is 26.3. The lowest BCUT2D eigenvalue weighted by molar-refractivity contribution is 0.104. The molecular weight excluding hydrogens is 240 g/mol. The van der Waals surface area contributed by atoms with Crippen molar-refractivity contribution in [3.63, 3.8) is 0 Å². The average molecular weight is 257 g/mol. The van der Waals surface area contributed by atoms with E-state index in [1.807, 2.05) is 0 Å². The molecule has 2 rings (SSSR count). The Kier molecular flexibility index (Phi) is 3.96. The van der Waals surface area contributed by atoms with Gasteiger partial charge in [-0.25, -0.2) is 13.8 Å². The molecule has 4 nitrogen and oxygen atoms in total. The van der Waals surface area contributed by atoms with Gasteiger partial charge in [0, 0.05) is 12.6 Å². The number of anilines is 2. The minimum absolute atomic E-state index is 0.0334. The highest BCUT2D eigenvalue weighted by atomic mass is 19.1. The summed E-state index contributed by atoms with van der Waals surface area (Å²) in [7, 11) is 0. The van der Waals surface area contributed by atoms with Crippen LogP contribution in [0.1, 0.15) is 25.7 Å². The third-order valence-electron chi connectivity index (χ3n) is 3.27. The standard InChI is InChI=1S/C12H17F2N3O/c13-9-5-10(14)12(17-11(9)15)16-6-7-2-1-3-8(18)4-7/h5,7-8,18H,1-4,6H2,(H3,15,16,17). The lowest BCUT2D eigenvalue weighted by Gasteiger charge is -2.26. The number of nitrogen functional groups attached to an aromatic ring is 1. The second kappa shape index (κ2) is 5.48. The molecule has 0 radical (unpaired) electrons. The monoisotopic (exact) mass is 257 g/mol. The molecule has 2 unspecified atom stereocenters. The Morgan fingerprint density at radius 2 is 2.17 bits per heavy atom. The van der Waals surface area contributed by atoms with Gasteiger partial charge in [0.05, 0.1) is 6.10 Å². The average Bonchev–Trinajstić information content (AvgIpc) is 2.32. The van der Waals surface area contributed by atoms with Crippen molar-refractivity contribution in [3.05, 3.63) is 17.7 Å². The zero-order chi connectivity index (χ0) is 13.1. The van der Waals surface area contributed by atoms with E-state index in [2.05, 4.69) is 10.3 Å². The van der Waals surface area contributed by atoms with Gasteiger partial charge in [0.25, 0.3) is 0 Å². The van der Waals surface area contributed by atoms with Crippen molar-refractivity contribution >= 4 is 11.6 Å². The van der Waals surface area contributed by atoms with Gasteiger partial charge in [0.1, 0.15) is 0 Å². The van der Waals surface area contributed by atoms with E-state index < -0.39 is 11.6 Å². The first-order valence-corrected chi connectivity index (χ1v) is 6.09. The molecular formula is C12H17F2N3O. The second-order valence-electron chi connectivity index (χ2n) is 4.75. The molecule has 1 aliphatic rings. The number of nitrogens with two attached hydrogens (primary N) is 1. The van der Waals surface area contributed by atoms with Crippen molar-refractivity contribution in [1.29, 1.82) is 0 Å². The highest BCUT2D eigenvalue weighted by Gasteiger charge is 2.20. The fourth-order valence-electron chi connectivity index (χ4n) is 2.29. The van der Waals surface area contributed by atoms with Crippen molar-refractivity contribution in [2.24, 2.45) is 5.92 Å². The van der Waals surface area contributed by atoms with Gasteiger partial charge in [-0.15, -0.1) is 0 Å². The molecule has 1 aliphatic carbocycles. The zero-order valence-corrected chi connectivity index (χ0v) is 10.00. The van der Waals surface area contributed by atoms with Crippen molar-refractivity contribution in [2.45, 2.75) is 31.8 Å². The fourth-order valence-corrected chi connectivity index (χ4v) is 2.29. The first-order valence-electron chi connectivity index (χ1n) is 6.09. The first kappa shape index (κ1) is 13.0. The van der Waals surface area contributed by atoms with Gasteiger partial charge in [-0.1, -0.05) is 6.42 Å². The van der Waals surface area contributed by atoms with E-state index >= 15 is 0 Å². The summed E-state index contributed by atoms with van der Waals surface area (Å²) in [6, 6.07) is 0.723. The summed E-state index contributed by atoms with van der Waals surface area (Å²) in [4.78, 5) is 3.63. The maximum absolute atomic E-state index is 13.4. The maximum atomic E-state index is 13.4. The molecule has 0 spiro atoms. The first-order chi connectivity index (χ1) is 8.56. The molecule has 0 aliphatic heterocycles. The van der Waals surface area contributed by atoms with Crippen LogP contribution < -0.4 is 11.1 Å². The van der Waals surface area contributed by atoms with E-state index in [-0.39, 0.29) is 23.7 Å². The number of pyridine rings is 1. The van der Waals surface area contributed by atoms with Gasteiger partial charge < -0.3 is 16.2 Å². The lowest BCUT2D eigenvalue weighted by atomic mass is 9.87. The van der Waals surface area contributed by atoms with Crippen LogP contribution in [0.2, 0.25) is 0 Å². The van der Waals surface area contributed by atoms with Gasteiger partial charge >= 0.3 is 0 Å². The van der Waals surface area contributed by atoms with Crippen molar-refractivity contribution in [3.8, 4) is 0 Å². The third kappa shape index (κ3) is 3.07. The summed E-state index contributed by atoms with van der Waals surface area (Å²) in [5, 5.41) is 12.4. The van der Waals surface area contributed by atoms with Crippen LogP contribution >= 0.6 is 0 Å². The smallest absolute Gasteiger partial charge is 0.168 e. The Labute approximate surface area is 104 Å². The second-order valence-corrected chi connectivity index (χ2v) is 4.75. The van der Waals surface area contributed by atoms with Gasteiger partial charge in [0.2, 0.25) is 0 Å². The van der Waals surface area contributed by atoms with E-state index in [0.29, 0.717) is 13.0 Å². The molecule has 1 saturated carbocycles. The molecule has 4 N–H and O–H groups in total. The number of aromatic nitrogens is 1. The molecule has 18 heavy (non-hydrogen) atoms. The maximum Gasteiger partial charge on any atom is 0.168 e. The molecule has 6 heteroatoms. The Hall–Kier alpha value is -1.43. The van der Waals surface area contributed by atoms with Crippen LogP contribution in [0.3, 0.4) is 0 Å². The highest BCUT2D eigenvalue weighted by molar-refractivity contribution is 5.44. The minimum Gasteiger partial charge on any atom is -0.393 e. The molecule has 100 valence electrons. The zero-order valence-electron chi connectivity index (χ0n) is 10.00. The number of nitrogens with one attached hydrogen (secondary N) is 1. The molecule has 0 saturated heterocycles. The predicted molar refractivity (Wildman–Crippen MR) is 65.0 cm³/mol. The van der Waals surface area contributed by atoms with Gasteiger partial charge in [-0.05, 0) is 25.2 Å². The van der Waals surface area contributed by atoms with Crippen LogP contribution in [-0.2, 0) is 0 Å². The van der Waals surface area contributed by atoms with E-state index in [1.165, 1.54) is 0 Å². The Balaban J connectivity index is 1.95. The van der Waals surface area contributed by atoms with E-state index in [4.69, 9.17) is 5.73 Å². The van der Waals surface area contributed by atoms with Crippen molar-refractivity contribution in [1.82, 2.24) is 4.98 Å². The number of aliphatic hydroxyl groups is 1. The third-order valence-corrected chi connectivity index (χ3v) is 3.27. The molecule has 1 fully saturated rings. The molecule has 1 aromatic heterocycles. The van der Waals surface area contributed by atoms with Gasteiger partial charge in [-0.3, -0.25) is 0 Å². The summed E-state index contributed by atoms with van der Waals surface area (Å²) in [5.41, 5.74) is 5.29. The van der Waals surface area contributed by atoms with E-state index in [1.54, 1.807) is 0 Å². The van der Waals surface area contributed by atoms with E-state index in [9.17, 15) is 13.9 Å². The molecule has 1 heterocycles. The number of halogens is 2. The summed E-state index contributed by atoms with van der Waals surface area (Å²) in [6.45, 7) is 0.506. The van der Waals surface area contributed by atoms with Crippen molar-refractivity contribution < 1.29 is 13.9 Å². The van der Waals surface area contributed by atoms with Crippen LogP contribution in [0.4, 0.5) is 20.4 Å². The number of rotatable bonds is 3.